The van der Waals surface area contributed by atoms with Crippen molar-refractivity contribution in [2.75, 3.05) is 0 Å². The van der Waals surface area contributed by atoms with Crippen molar-refractivity contribution in [3.05, 3.63) is 133 Å². The average Bonchev–Trinajstić information content (AvgIpc) is 3.62. The van der Waals surface area contributed by atoms with E-state index in [2.05, 4.69) is 103 Å². The molecule has 3 nitrogen and oxygen atoms in total. The van der Waals surface area contributed by atoms with Crippen molar-refractivity contribution < 1.29 is 4.42 Å². The van der Waals surface area contributed by atoms with Crippen LogP contribution in [0.4, 0.5) is 0 Å². The number of hydrogen-bond acceptors (Lipinski definition) is 4. The SMILES string of the molecule is c1ccc(-c2nc(-c3cc(-c4ccc5ccccc5c4)cc4oc5ccccc5c34)c3sc4ccccc4c3n2)cc1. The van der Waals surface area contributed by atoms with Gasteiger partial charge in [-0.05, 0) is 52.2 Å². The molecule has 0 fully saturated rings. The van der Waals surface area contributed by atoms with E-state index in [1.54, 1.807) is 11.3 Å². The molecule has 0 bridgehead atoms. The normalized spacial score (nSPS) is 11.8. The van der Waals surface area contributed by atoms with Gasteiger partial charge in [-0.3, -0.25) is 0 Å². The number of para-hydroxylation sites is 1. The second-order valence-electron chi connectivity index (χ2n) is 10.6. The first-order valence-electron chi connectivity index (χ1n) is 14.0. The number of furan rings is 1. The van der Waals surface area contributed by atoms with Gasteiger partial charge in [-0.15, -0.1) is 11.3 Å². The van der Waals surface area contributed by atoms with Crippen LogP contribution in [0.3, 0.4) is 0 Å². The smallest absolute Gasteiger partial charge is 0.160 e. The van der Waals surface area contributed by atoms with Crippen LogP contribution in [0.2, 0.25) is 0 Å². The molecule has 42 heavy (non-hydrogen) atoms. The van der Waals surface area contributed by atoms with Crippen LogP contribution in [0.1, 0.15) is 0 Å². The Hall–Kier alpha value is -5.32. The van der Waals surface area contributed by atoms with Crippen LogP contribution in [-0.4, -0.2) is 9.97 Å². The minimum absolute atomic E-state index is 0.721. The quantitative estimate of drug-likeness (QED) is 0.218. The van der Waals surface area contributed by atoms with Crippen molar-refractivity contribution in [1.82, 2.24) is 9.97 Å². The summed E-state index contributed by atoms with van der Waals surface area (Å²) in [6.07, 6.45) is 0. The fraction of sp³-hybridized carbons (Fsp3) is 0. The first kappa shape index (κ1) is 23.4. The van der Waals surface area contributed by atoms with Crippen LogP contribution >= 0.6 is 11.3 Å². The highest BCUT2D eigenvalue weighted by atomic mass is 32.1. The molecule has 0 saturated carbocycles. The van der Waals surface area contributed by atoms with E-state index in [1.807, 2.05) is 30.3 Å². The van der Waals surface area contributed by atoms with Crippen molar-refractivity contribution >= 4 is 64.4 Å². The third kappa shape index (κ3) is 3.59. The zero-order valence-corrected chi connectivity index (χ0v) is 23.2. The van der Waals surface area contributed by atoms with Gasteiger partial charge in [-0.25, -0.2) is 9.97 Å². The summed E-state index contributed by atoms with van der Waals surface area (Å²) in [6.45, 7) is 0. The molecule has 196 valence electrons. The third-order valence-corrected chi connectivity index (χ3v) is 9.23. The second-order valence-corrected chi connectivity index (χ2v) is 11.6. The molecule has 0 aliphatic heterocycles. The van der Waals surface area contributed by atoms with Gasteiger partial charge in [0.25, 0.3) is 0 Å². The van der Waals surface area contributed by atoms with E-state index in [1.165, 1.54) is 15.5 Å². The maximum Gasteiger partial charge on any atom is 0.160 e. The molecule has 0 N–H and O–H groups in total. The zero-order chi connectivity index (χ0) is 27.6. The van der Waals surface area contributed by atoms with Crippen LogP contribution in [0.5, 0.6) is 0 Å². The average molecular weight is 555 g/mol. The molecule has 9 rings (SSSR count). The number of benzene rings is 6. The van der Waals surface area contributed by atoms with Crippen LogP contribution in [0.15, 0.2) is 138 Å². The summed E-state index contributed by atoms with van der Waals surface area (Å²) in [5.41, 5.74) is 7.92. The Kier molecular flexibility index (Phi) is 5.07. The molecule has 3 heterocycles. The Morgan fingerprint density at radius 3 is 2.19 bits per heavy atom. The fourth-order valence-electron chi connectivity index (χ4n) is 6.07. The Balaban J connectivity index is 1.42. The van der Waals surface area contributed by atoms with Crippen LogP contribution in [0.25, 0.3) is 86.8 Å². The number of rotatable bonds is 3. The number of thiophene rings is 1. The minimum Gasteiger partial charge on any atom is -0.456 e. The molecule has 9 aromatic rings. The summed E-state index contributed by atoms with van der Waals surface area (Å²) < 4.78 is 8.79. The monoisotopic (exact) mass is 554 g/mol. The molecule has 0 aliphatic rings. The lowest BCUT2D eigenvalue weighted by atomic mass is 9.95. The van der Waals surface area contributed by atoms with E-state index in [4.69, 9.17) is 14.4 Å². The van der Waals surface area contributed by atoms with Crippen molar-refractivity contribution in [1.29, 1.82) is 0 Å². The largest absolute Gasteiger partial charge is 0.456 e. The van der Waals surface area contributed by atoms with E-state index < -0.39 is 0 Å². The van der Waals surface area contributed by atoms with Gasteiger partial charge in [0, 0.05) is 32.0 Å². The maximum atomic E-state index is 6.51. The Bertz CT molecular complexity index is 2470. The molecule has 6 aromatic carbocycles. The van der Waals surface area contributed by atoms with Crippen molar-refractivity contribution in [2.45, 2.75) is 0 Å². The van der Waals surface area contributed by atoms with E-state index in [0.717, 1.165) is 71.3 Å². The van der Waals surface area contributed by atoms with Crippen LogP contribution < -0.4 is 0 Å². The summed E-state index contributed by atoms with van der Waals surface area (Å²) in [5, 5.41) is 5.74. The molecule has 0 saturated heterocycles. The summed E-state index contributed by atoms with van der Waals surface area (Å²) in [6, 6.07) is 46.6. The topological polar surface area (TPSA) is 38.9 Å². The summed E-state index contributed by atoms with van der Waals surface area (Å²) in [7, 11) is 0. The van der Waals surface area contributed by atoms with Crippen LogP contribution in [-0.2, 0) is 0 Å². The molecule has 0 amide bonds. The van der Waals surface area contributed by atoms with Gasteiger partial charge in [0.05, 0.1) is 15.9 Å². The number of fused-ring (bicyclic) bond motifs is 7. The van der Waals surface area contributed by atoms with Gasteiger partial charge >= 0.3 is 0 Å². The van der Waals surface area contributed by atoms with Gasteiger partial charge in [-0.1, -0.05) is 103 Å². The first-order chi connectivity index (χ1) is 20.8. The van der Waals surface area contributed by atoms with E-state index >= 15 is 0 Å². The highest BCUT2D eigenvalue weighted by Crippen LogP contribution is 2.45. The molecule has 0 atom stereocenters. The van der Waals surface area contributed by atoms with Gasteiger partial charge < -0.3 is 4.42 Å². The second kappa shape index (κ2) is 9.10. The highest BCUT2D eigenvalue weighted by Gasteiger charge is 2.21. The fourth-order valence-corrected chi connectivity index (χ4v) is 7.21. The Morgan fingerprint density at radius 2 is 1.29 bits per heavy atom. The molecule has 0 radical (unpaired) electrons. The lowest BCUT2D eigenvalue weighted by Gasteiger charge is -2.11. The number of hydrogen-bond donors (Lipinski definition) is 0. The maximum absolute atomic E-state index is 6.51. The Morgan fingerprint density at radius 1 is 0.524 bits per heavy atom. The zero-order valence-electron chi connectivity index (χ0n) is 22.4. The molecular weight excluding hydrogens is 532 g/mol. The molecular formula is C38H22N2OS. The minimum atomic E-state index is 0.721. The van der Waals surface area contributed by atoms with Gasteiger partial charge in [0.1, 0.15) is 11.2 Å². The van der Waals surface area contributed by atoms with Crippen molar-refractivity contribution in [3.63, 3.8) is 0 Å². The lowest BCUT2D eigenvalue weighted by Crippen LogP contribution is -1.94. The third-order valence-electron chi connectivity index (χ3n) is 8.07. The Labute approximate surface area is 245 Å². The predicted molar refractivity (Wildman–Crippen MR) is 176 cm³/mol. The molecule has 4 heteroatoms. The van der Waals surface area contributed by atoms with Crippen LogP contribution in [0, 0.1) is 0 Å². The van der Waals surface area contributed by atoms with Crippen molar-refractivity contribution in [2.24, 2.45) is 0 Å². The van der Waals surface area contributed by atoms with E-state index in [9.17, 15) is 0 Å². The molecule has 0 aliphatic carbocycles. The summed E-state index contributed by atoms with van der Waals surface area (Å²) >= 11 is 1.75. The number of nitrogens with zero attached hydrogens (tertiary/aromatic N) is 2. The first-order valence-corrected chi connectivity index (χ1v) is 14.8. The van der Waals surface area contributed by atoms with E-state index in [0.29, 0.717) is 0 Å². The lowest BCUT2D eigenvalue weighted by molar-refractivity contribution is 0.669. The van der Waals surface area contributed by atoms with Gasteiger partial charge in [0.2, 0.25) is 0 Å². The molecule has 0 spiro atoms. The molecule has 3 aromatic heterocycles. The summed E-state index contributed by atoms with van der Waals surface area (Å²) in [5.74, 6) is 0.721. The predicted octanol–water partition coefficient (Wildman–Crippen LogP) is 10.9. The van der Waals surface area contributed by atoms with Gasteiger partial charge in [-0.2, -0.15) is 0 Å². The van der Waals surface area contributed by atoms with Crippen molar-refractivity contribution in [3.8, 4) is 33.8 Å². The molecule has 0 unspecified atom stereocenters. The van der Waals surface area contributed by atoms with E-state index in [-0.39, 0.29) is 0 Å². The standard InChI is InChI=1S/C38H22N2OS/c1-2-11-24(12-3-1)38-39-35-29-15-7-9-17-33(29)42-37(35)36(40-38)30-21-27(26-19-18-23-10-4-5-13-25(23)20-26)22-32-34(30)28-14-6-8-16-31(28)41-32/h1-22H. The summed E-state index contributed by atoms with van der Waals surface area (Å²) in [4.78, 5) is 10.5. The number of aromatic nitrogens is 2. The van der Waals surface area contributed by atoms with Gasteiger partial charge in [0.15, 0.2) is 5.82 Å². The highest BCUT2D eigenvalue weighted by molar-refractivity contribution is 7.26.